The lowest BCUT2D eigenvalue weighted by molar-refractivity contribution is -0.149. The average Bonchev–Trinajstić information content (AvgIpc) is 3.82. The van der Waals surface area contributed by atoms with Crippen molar-refractivity contribution in [3.8, 4) is 11.5 Å². The van der Waals surface area contributed by atoms with Gasteiger partial charge >= 0.3 is 12.1 Å². The van der Waals surface area contributed by atoms with Crippen LogP contribution in [0.2, 0.25) is 0 Å². The molecule has 0 spiro atoms. The maximum atomic E-state index is 13.4. The summed E-state index contributed by atoms with van der Waals surface area (Å²) in [6.45, 7) is 0.297. The fraction of sp³-hybridized carbons (Fsp3) is 0.276. The van der Waals surface area contributed by atoms with E-state index in [1.807, 2.05) is 0 Å². The fourth-order valence-electron chi connectivity index (χ4n) is 4.68. The van der Waals surface area contributed by atoms with Gasteiger partial charge < -0.3 is 28.4 Å². The number of imidazole rings is 1. The first-order valence-corrected chi connectivity index (χ1v) is 17.0. The Labute approximate surface area is 281 Å². The predicted octanol–water partition coefficient (Wildman–Crippen LogP) is 1.58. The van der Waals surface area contributed by atoms with Crippen molar-refractivity contribution < 1.29 is 41.7 Å². The van der Waals surface area contributed by atoms with Crippen molar-refractivity contribution in [1.29, 1.82) is 0 Å². The number of benzene rings is 2. The number of fused-ring (bicyclic) bond motifs is 3. The lowest BCUT2D eigenvalue weighted by Gasteiger charge is -2.22. The molecule has 4 heterocycles. The van der Waals surface area contributed by atoms with Crippen molar-refractivity contribution in [2.24, 2.45) is 0 Å². The number of sulfonamides is 1. The van der Waals surface area contributed by atoms with Crippen LogP contribution in [-0.4, -0.2) is 88.8 Å². The molecule has 6 rings (SSSR count). The number of hydrogen-bond donors (Lipinski definition) is 3. The highest BCUT2D eigenvalue weighted by atomic mass is 32.2. The van der Waals surface area contributed by atoms with Gasteiger partial charge in [0, 0.05) is 13.1 Å². The van der Waals surface area contributed by atoms with Gasteiger partial charge in [0.1, 0.15) is 19.7 Å². The average molecular weight is 713 g/mol. The minimum atomic E-state index is -4.02. The molecule has 2 amide bonds. The summed E-state index contributed by atoms with van der Waals surface area (Å²) in [5.74, 6) is -0.512. The first-order chi connectivity index (χ1) is 23.6. The second-order valence-corrected chi connectivity index (χ2v) is 13.3. The molecule has 0 saturated heterocycles. The molecule has 20 heteroatoms. The van der Waals surface area contributed by atoms with E-state index in [1.54, 1.807) is 49.4 Å². The van der Waals surface area contributed by atoms with Crippen LogP contribution in [0.5, 0.6) is 11.5 Å². The van der Waals surface area contributed by atoms with E-state index in [4.69, 9.17) is 18.9 Å². The molecule has 1 aliphatic rings. The molecule has 0 atom stereocenters. The minimum absolute atomic E-state index is 0.0456. The molecule has 0 fully saturated rings. The summed E-state index contributed by atoms with van der Waals surface area (Å²) >= 11 is 0.997. The molecule has 0 saturated carbocycles. The van der Waals surface area contributed by atoms with Gasteiger partial charge in [0.05, 0.1) is 23.2 Å². The summed E-state index contributed by atoms with van der Waals surface area (Å²) in [5.41, 5.74) is 0.298. The third kappa shape index (κ3) is 7.77. The van der Waals surface area contributed by atoms with Gasteiger partial charge in [-0.25, -0.2) is 27.9 Å². The van der Waals surface area contributed by atoms with Crippen molar-refractivity contribution in [2.75, 3.05) is 38.4 Å². The Hall–Kier alpha value is -5.60. The normalized spacial score (nSPS) is 12.3. The summed E-state index contributed by atoms with van der Waals surface area (Å²) in [6, 6.07) is 12.0. The smallest absolute Gasteiger partial charge is 0.414 e. The van der Waals surface area contributed by atoms with Crippen LogP contribution in [0.3, 0.4) is 0 Å². The lowest BCUT2D eigenvalue weighted by atomic mass is 10.2. The Balaban J connectivity index is 1.12. The highest BCUT2D eigenvalue weighted by Gasteiger charge is 2.24. The maximum Gasteiger partial charge on any atom is 0.414 e. The lowest BCUT2D eigenvalue weighted by Crippen LogP contribution is -2.43. The van der Waals surface area contributed by atoms with Crippen molar-refractivity contribution in [2.45, 2.75) is 24.4 Å². The Bertz CT molecular complexity index is 2180. The van der Waals surface area contributed by atoms with Crippen LogP contribution >= 0.6 is 11.3 Å². The monoisotopic (exact) mass is 712 g/mol. The third-order valence-corrected chi connectivity index (χ3v) is 9.84. The standard InChI is InChI=1S/C29H28N8O10S2/c1-2-44-23(39)13-36(10-9-31-49(42,43)29-32-18-5-3-4-6-21(18)48-29)22(38)12-37-15-30-24-25(37)33-27(34-26(24)40)35-28(41)45-14-17-7-8-19-20(11-17)47-16-46-19/h3-8,11,15,31H,2,9-10,12-14,16H2,1H3,(H2,33,34,35,40,41). The van der Waals surface area contributed by atoms with Gasteiger partial charge in [-0.3, -0.25) is 24.7 Å². The van der Waals surface area contributed by atoms with Gasteiger partial charge in [-0.1, -0.05) is 18.2 Å². The Kier molecular flexibility index (Phi) is 9.69. The Morgan fingerprint density at radius 3 is 2.73 bits per heavy atom. The van der Waals surface area contributed by atoms with Crippen molar-refractivity contribution in [3.63, 3.8) is 0 Å². The summed E-state index contributed by atoms with van der Waals surface area (Å²) in [4.78, 5) is 66.9. The molecule has 3 aromatic heterocycles. The number of nitrogens with one attached hydrogen (secondary N) is 3. The fourth-order valence-corrected chi connectivity index (χ4v) is 6.97. The quantitative estimate of drug-likeness (QED) is 0.148. The van der Waals surface area contributed by atoms with Crippen LogP contribution in [0, 0.1) is 0 Å². The molecule has 0 aliphatic carbocycles. The molecule has 18 nitrogen and oxygen atoms in total. The van der Waals surface area contributed by atoms with Crippen LogP contribution < -0.4 is 25.1 Å². The number of rotatable bonds is 13. The van der Waals surface area contributed by atoms with E-state index in [-0.39, 0.29) is 54.5 Å². The number of esters is 1. The van der Waals surface area contributed by atoms with E-state index in [0.717, 1.165) is 16.2 Å². The largest absolute Gasteiger partial charge is 0.465 e. The Morgan fingerprint density at radius 1 is 1.10 bits per heavy atom. The minimum Gasteiger partial charge on any atom is -0.465 e. The highest BCUT2D eigenvalue weighted by Crippen LogP contribution is 2.32. The van der Waals surface area contributed by atoms with Gasteiger partial charge in [0.25, 0.3) is 15.6 Å². The van der Waals surface area contributed by atoms with Gasteiger partial charge in [0.15, 0.2) is 22.7 Å². The van der Waals surface area contributed by atoms with E-state index in [0.29, 0.717) is 27.3 Å². The third-order valence-electron chi connectivity index (χ3n) is 6.96. The van der Waals surface area contributed by atoms with Crippen LogP contribution in [-0.2, 0) is 42.2 Å². The molecule has 0 unspecified atom stereocenters. The van der Waals surface area contributed by atoms with Crippen LogP contribution in [0.25, 0.3) is 21.4 Å². The van der Waals surface area contributed by atoms with Crippen LogP contribution in [0.15, 0.2) is 57.9 Å². The van der Waals surface area contributed by atoms with E-state index in [2.05, 4.69) is 30.0 Å². The Morgan fingerprint density at radius 2 is 1.92 bits per heavy atom. The topological polar surface area (TPSA) is 226 Å². The molecule has 256 valence electrons. The van der Waals surface area contributed by atoms with E-state index in [9.17, 15) is 27.6 Å². The van der Waals surface area contributed by atoms with Gasteiger partial charge in [-0.15, -0.1) is 11.3 Å². The van der Waals surface area contributed by atoms with Gasteiger partial charge in [0.2, 0.25) is 23.0 Å². The molecule has 2 aromatic carbocycles. The summed E-state index contributed by atoms with van der Waals surface area (Å²) < 4.78 is 50.8. The van der Waals surface area contributed by atoms with Gasteiger partial charge in [-0.05, 0) is 36.8 Å². The zero-order valence-corrected chi connectivity index (χ0v) is 27.3. The first kappa shape index (κ1) is 33.3. The second kappa shape index (κ2) is 14.3. The molecule has 0 radical (unpaired) electrons. The number of carbonyl (C=O) groups is 3. The molecular formula is C29H28N8O10S2. The maximum absolute atomic E-state index is 13.4. The number of aromatic amines is 1. The number of para-hydroxylation sites is 1. The highest BCUT2D eigenvalue weighted by molar-refractivity contribution is 7.91. The number of amides is 2. The van der Waals surface area contributed by atoms with Gasteiger partial charge in [-0.2, -0.15) is 4.98 Å². The second-order valence-electron chi connectivity index (χ2n) is 10.3. The number of hydrogen-bond acceptors (Lipinski definition) is 14. The zero-order chi connectivity index (χ0) is 34.5. The number of thiazole rings is 1. The van der Waals surface area contributed by atoms with E-state index >= 15 is 0 Å². The number of aromatic nitrogens is 5. The summed E-state index contributed by atoms with van der Waals surface area (Å²) in [6.07, 6.45) is 0.279. The SMILES string of the molecule is CCOC(=O)CN(CCNS(=O)(=O)c1nc2ccccc2s1)C(=O)Cn1cnc2c(=O)[nH]c(NC(=O)OCc3ccc4c(c3)OCO4)nc21. The molecule has 49 heavy (non-hydrogen) atoms. The molecule has 1 aliphatic heterocycles. The van der Waals surface area contributed by atoms with Crippen molar-refractivity contribution in [3.05, 3.63) is 64.7 Å². The summed E-state index contributed by atoms with van der Waals surface area (Å²) in [7, 11) is -4.02. The summed E-state index contributed by atoms with van der Waals surface area (Å²) in [5, 5.41) is 2.34. The molecule has 3 N–H and O–H groups in total. The van der Waals surface area contributed by atoms with Crippen molar-refractivity contribution >= 4 is 66.7 Å². The van der Waals surface area contributed by atoms with Crippen molar-refractivity contribution in [1.82, 2.24) is 34.1 Å². The van der Waals surface area contributed by atoms with E-state index < -0.39 is 46.6 Å². The number of ether oxygens (including phenoxy) is 4. The van der Waals surface area contributed by atoms with Crippen LogP contribution in [0.4, 0.5) is 10.7 Å². The molecule has 5 aromatic rings. The first-order valence-electron chi connectivity index (χ1n) is 14.7. The van der Waals surface area contributed by atoms with Crippen LogP contribution in [0.1, 0.15) is 12.5 Å². The zero-order valence-electron chi connectivity index (χ0n) is 25.7. The van der Waals surface area contributed by atoms with E-state index in [1.165, 1.54) is 10.9 Å². The molecular weight excluding hydrogens is 684 g/mol. The number of anilines is 1. The molecule has 0 bridgehead atoms. The number of nitrogens with zero attached hydrogens (tertiary/aromatic N) is 5. The number of carbonyl (C=O) groups excluding carboxylic acids is 3. The predicted molar refractivity (Wildman–Crippen MR) is 173 cm³/mol. The number of H-pyrrole nitrogens is 1.